The van der Waals surface area contributed by atoms with Gasteiger partial charge in [0.15, 0.2) is 0 Å². The molecular weight excluding hydrogens is 136 g/mol. The molecule has 0 unspecified atom stereocenters. The van der Waals surface area contributed by atoms with E-state index in [1.54, 1.807) is 0 Å². The van der Waals surface area contributed by atoms with Crippen LogP contribution in [0, 0.1) is 6.61 Å². The Morgan fingerprint density at radius 1 is 1.18 bits per heavy atom. The predicted molar refractivity (Wildman–Crippen MR) is 49.3 cm³/mol. The van der Waals surface area contributed by atoms with E-state index in [0.717, 1.165) is 6.42 Å². The number of hydrogen-bond donors (Lipinski definition) is 0. The van der Waals surface area contributed by atoms with Gasteiger partial charge in [0.1, 0.15) is 0 Å². The van der Waals surface area contributed by atoms with E-state index < -0.39 is 0 Å². The molecule has 67 valence electrons. The molecule has 1 nitrogen and oxygen atoms in total. The molecule has 1 radical (unpaired) electrons. The molecule has 0 saturated carbocycles. The quantitative estimate of drug-likeness (QED) is 0.513. The molecule has 0 rings (SSSR count). The van der Waals surface area contributed by atoms with Crippen LogP contribution < -0.4 is 0 Å². The maximum atomic E-state index is 5.30. The molecule has 0 N–H and O–H groups in total. The molecular formula is C10H21O. The molecule has 0 aromatic heterocycles. The van der Waals surface area contributed by atoms with Crippen LogP contribution in [0.2, 0.25) is 0 Å². The average molecular weight is 157 g/mol. The second-order valence-corrected chi connectivity index (χ2v) is 3.20. The minimum Gasteiger partial charge on any atom is -0.373 e. The fourth-order valence-corrected chi connectivity index (χ4v) is 0.915. The van der Waals surface area contributed by atoms with Crippen LogP contribution in [0.4, 0.5) is 0 Å². The largest absolute Gasteiger partial charge is 0.373 e. The van der Waals surface area contributed by atoms with Crippen LogP contribution in [0.3, 0.4) is 0 Å². The molecule has 0 aromatic carbocycles. The summed E-state index contributed by atoms with van der Waals surface area (Å²) < 4.78 is 5.30. The van der Waals surface area contributed by atoms with Crippen molar-refractivity contribution >= 4 is 0 Å². The molecule has 0 aliphatic carbocycles. The van der Waals surface area contributed by atoms with Crippen molar-refractivity contribution < 1.29 is 4.74 Å². The molecule has 11 heavy (non-hydrogen) atoms. The normalized spacial score (nSPS) is 10.9. The second-order valence-electron chi connectivity index (χ2n) is 3.20. The van der Waals surface area contributed by atoms with Gasteiger partial charge in [0.2, 0.25) is 0 Å². The number of unbranched alkanes of at least 4 members (excludes halogenated alkanes) is 4. The summed E-state index contributed by atoms with van der Waals surface area (Å²) in [5.74, 6) is 0. The molecule has 0 aliphatic rings. The maximum Gasteiger partial charge on any atom is 0.0840 e. The van der Waals surface area contributed by atoms with E-state index in [-0.39, 0.29) is 0 Å². The van der Waals surface area contributed by atoms with Crippen LogP contribution in [0.25, 0.3) is 0 Å². The van der Waals surface area contributed by atoms with Gasteiger partial charge < -0.3 is 4.74 Å². The zero-order valence-electron chi connectivity index (χ0n) is 8.10. The maximum absolute atomic E-state index is 5.30. The van der Waals surface area contributed by atoms with Crippen LogP contribution in [0.5, 0.6) is 0 Å². The summed E-state index contributed by atoms with van der Waals surface area (Å²) in [5, 5.41) is 0. The first kappa shape index (κ1) is 11.0. The summed E-state index contributed by atoms with van der Waals surface area (Å²) >= 11 is 0. The number of rotatable bonds is 7. The third kappa shape index (κ3) is 9.96. The van der Waals surface area contributed by atoms with E-state index in [0.29, 0.717) is 6.10 Å². The highest BCUT2D eigenvalue weighted by molar-refractivity contribution is 4.53. The van der Waals surface area contributed by atoms with Crippen LogP contribution in [-0.2, 0) is 4.74 Å². The van der Waals surface area contributed by atoms with Gasteiger partial charge in [-0.3, -0.25) is 0 Å². The summed E-state index contributed by atoms with van der Waals surface area (Å²) in [6, 6.07) is 0. The molecule has 0 saturated heterocycles. The van der Waals surface area contributed by atoms with Crippen LogP contribution in [0.15, 0.2) is 0 Å². The molecule has 0 atom stereocenters. The SMILES string of the molecule is CCCCCC[CH]OC(C)C. The van der Waals surface area contributed by atoms with Gasteiger partial charge in [-0.15, -0.1) is 0 Å². The smallest absolute Gasteiger partial charge is 0.0840 e. The Hall–Kier alpha value is -0.0400. The third-order valence-corrected chi connectivity index (χ3v) is 1.54. The second kappa shape index (κ2) is 8.06. The van der Waals surface area contributed by atoms with Gasteiger partial charge in [-0.05, 0) is 20.3 Å². The summed E-state index contributed by atoms with van der Waals surface area (Å²) in [6.07, 6.45) is 6.74. The highest BCUT2D eigenvalue weighted by Crippen LogP contribution is 2.05. The van der Waals surface area contributed by atoms with E-state index in [1.807, 2.05) is 6.61 Å². The van der Waals surface area contributed by atoms with E-state index in [2.05, 4.69) is 20.8 Å². The molecule has 0 heterocycles. The van der Waals surface area contributed by atoms with E-state index in [9.17, 15) is 0 Å². The molecule has 0 aromatic rings. The van der Waals surface area contributed by atoms with Crippen molar-refractivity contribution in [1.82, 2.24) is 0 Å². The minimum atomic E-state index is 0.348. The van der Waals surface area contributed by atoms with Crippen molar-refractivity contribution in [2.45, 2.75) is 59.0 Å². The molecule has 0 amide bonds. The zero-order chi connectivity index (χ0) is 8.53. The van der Waals surface area contributed by atoms with Gasteiger partial charge in [0.25, 0.3) is 0 Å². The fourth-order valence-electron chi connectivity index (χ4n) is 0.915. The predicted octanol–water partition coefficient (Wildman–Crippen LogP) is 3.54. The summed E-state index contributed by atoms with van der Waals surface area (Å²) in [6.45, 7) is 8.29. The Morgan fingerprint density at radius 2 is 1.91 bits per heavy atom. The summed E-state index contributed by atoms with van der Waals surface area (Å²) in [5.41, 5.74) is 0. The van der Waals surface area contributed by atoms with Crippen molar-refractivity contribution in [3.8, 4) is 0 Å². The first-order valence-corrected chi connectivity index (χ1v) is 4.74. The zero-order valence-corrected chi connectivity index (χ0v) is 8.10. The highest BCUT2D eigenvalue weighted by Gasteiger charge is 1.93. The van der Waals surface area contributed by atoms with Gasteiger partial charge in [0.05, 0.1) is 12.7 Å². The Balaban J connectivity index is 2.80. The molecule has 0 aliphatic heterocycles. The summed E-state index contributed by atoms with van der Waals surface area (Å²) in [7, 11) is 0. The van der Waals surface area contributed by atoms with E-state index >= 15 is 0 Å². The number of hydrogen-bond acceptors (Lipinski definition) is 1. The monoisotopic (exact) mass is 157 g/mol. The molecule has 0 spiro atoms. The van der Waals surface area contributed by atoms with Crippen LogP contribution >= 0.6 is 0 Å². The first-order chi connectivity index (χ1) is 5.27. The Labute approximate surface area is 71.1 Å². The van der Waals surface area contributed by atoms with Crippen molar-refractivity contribution in [1.29, 1.82) is 0 Å². The molecule has 0 bridgehead atoms. The lowest BCUT2D eigenvalue weighted by Crippen LogP contribution is -1.98. The van der Waals surface area contributed by atoms with Gasteiger partial charge in [-0.1, -0.05) is 32.6 Å². The average Bonchev–Trinajstić information content (AvgIpc) is 1.96. The molecule has 0 fully saturated rings. The van der Waals surface area contributed by atoms with Crippen molar-refractivity contribution in [2.75, 3.05) is 0 Å². The molecule has 1 heteroatoms. The van der Waals surface area contributed by atoms with Gasteiger partial charge in [-0.2, -0.15) is 0 Å². The highest BCUT2D eigenvalue weighted by atomic mass is 16.5. The van der Waals surface area contributed by atoms with Gasteiger partial charge in [-0.25, -0.2) is 0 Å². The Bertz CT molecular complexity index is 69.3. The summed E-state index contributed by atoms with van der Waals surface area (Å²) in [4.78, 5) is 0. The fraction of sp³-hybridized carbons (Fsp3) is 0.900. The Kier molecular flexibility index (Phi) is 8.03. The van der Waals surface area contributed by atoms with Gasteiger partial charge >= 0.3 is 0 Å². The number of ether oxygens (including phenoxy) is 1. The first-order valence-electron chi connectivity index (χ1n) is 4.74. The standard InChI is InChI=1S/C10H21O/c1-4-5-6-7-8-9-11-10(2)3/h9-10H,4-8H2,1-3H3. The topological polar surface area (TPSA) is 9.23 Å². The Morgan fingerprint density at radius 3 is 2.45 bits per heavy atom. The third-order valence-electron chi connectivity index (χ3n) is 1.54. The van der Waals surface area contributed by atoms with Crippen molar-refractivity contribution in [3.05, 3.63) is 6.61 Å². The minimum absolute atomic E-state index is 0.348. The van der Waals surface area contributed by atoms with Crippen LogP contribution in [-0.4, -0.2) is 6.10 Å². The lowest BCUT2D eigenvalue weighted by Gasteiger charge is -2.05. The van der Waals surface area contributed by atoms with Gasteiger partial charge in [0, 0.05) is 0 Å². The van der Waals surface area contributed by atoms with Crippen molar-refractivity contribution in [2.24, 2.45) is 0 Å². The van der Waals surface area contributed by atoms with Crippen LogP contribution in [0.1, 0.15) is 52.9 Å². The van der Waals surface area contributed by atoms with Crippen molar-refractivity contribution in [3.63, 3.8) is 0 Å². The lowest BCUT2D eigenvalue weighted by atomic mass is 10.2. The lowest BCUT2D eigenvalue weighted by molar-refractivity contribution is 0.129. The van der Waals surface area contributed by atoms with E-state index in [4.69, 9.17) is 4.74 Å². The van der Waals surface area contributed by atoms with E-state index in [1.165, 1.54) is 25.7 Å².